The average Bonchev–Trinajstić information content (AvgIpc) is 2.29. The van der Waals surface area contributed by atoms with E-state index >= 15 is 0 Å². The van der Waals surface area contributed by atoms with Crippen LogP contribution >= 0.6 is 15.9 Å². The summed E-state index contributed by atoms with van der Waals surface area (Å²) < 4.78 is 27.2. The van der Waals surface area contributed by atoms with Gasteiger partial charge in [0.1, 0.15) is 17.5 Å². The fraction of sp³-hybridized carbons (Fsp3) is 0.0833. The van der Waals surface area contributed by atoms with Crippen molar-refractivity contribution in [3.63, 3.8) is 0 Å². The van der Waals surface area contributed by atoms with Gasteiger partial charge in [0.15, 0.2) is 0 Å². The number of nitrogens with zero attached hydrogens (tertiary/aromatic N) is 1. The molecule has 0 atom stereocenters. The van der Waals surface area contributed by atoms with Gasteiger partial charge in [0, 0.05) is 10.5 Å². The third kappa shape index (κ3) is 2.79. The molecule has 0 fully saturated rings. The van der Waals surface area contributed by atoms with Gasteiger partial charge in [-0.2, -0.15) is 0 Å². The lowest BCUT2D eigenvalue weighted by Crippen LogP contribution is -1.98. The van der Waals surface area contributed by atoms with Gasteiger partial charge < -0.3 is 5.32 Å². The predicted molar refractivity (Wildman–Crippen MR) is 66.3 cm³/mol. The van der Waals surface area contributed by atoms with Crippen molar-refractivity contribution in [3.8, 4) is 0 Å². The molecule has 2 aromatic rings. The summed E-state index contributed by atoms with van der Waals surface area (Å²) in [6.07, 6.45) is 0. The van der Waals surface area contributed by atoms with Crippen LogP contribution in [0.1, 0.15) is 5.69 Å². The maximum atomic E-state index is 13.4. The molecule has 2 nitrogen and oxygen atoms in total. The summed E-state index contributed by atoms with van der Waals surface area (Å²) in [6.45, 7) is 1.82. The first-order valence-corrected chi connectivity index (χ1v) is 5.71. The maximum absolute atomic E-state index is 13.4. The van der Waals surface area contributed by atoms with Crippen molar-refractivity contribution in [1.82, 2.24) is 4.98 Å². The lowest BCUT2D eigenvalue weighted by Gasteiger charge is -2.08. The van der Waals surface area contributed by atoms with Gasteiger partial charge in [0.25, 0.3) is 0 Å². The van der Waals surface area contributed by atoms with E-state index in [1.807, 2.05) is 6.92 Å². The van der Waals surface area contributed by atoms with Crippen LogP contribution in [0.2, 0.25) is 0 Å². The normalized spacial score (nSPS) is 10.4. The fourth-order valence-electron chi connectivity index (χ4n) is 1.34. The number of anilines is 2. The molecule has 1 aromatic heterocycles. The van der Waals surface area contributed by atoms with Gasteiger partial charge in [-0.05, 0) is 47.1 Å². The third-order valence-electron chi connectivity index (χ3n) is 2.21. The van der Waals surface area contributed by atoms with Gasteiger partial charge in [0.2, 0.25) is 0 Å². The average molecular weight is 299 g/mol. The molecule has 0 saturated heterocycles. The Hall–Kier alpha value is -1.49. The van der Waals surface area contributed by atoms with Gasteiger partial charge in [-0.25, -0.2) is 13.8 Å². The van der Waals surface area contributed by atoms with Crippen LogP contribution in [0.5, 0.6) is 0 Å². The minimum absolute atomic E-state index is 0.0687. The first-order valence-electron chi connectivity index (χ1n) is 4.91. The van der Waals surface area contributed by atoms with Crippen molar-refractivity contribution in [1.29, 1.82) is 0 Å². The maximum Gasteiger partial charge on any atom is 0.146 e. The lowest BCUT2D eigenvalue weighted by atomic mass is 10.3. The number of aromatic nitrogens is 1. The zero-order valence-electron chi connectivity index (χ0n) is 8.97. The monoisotopic (exact) mass is 298 g/mol. The Bertz CT molecular complexity index is 558. The molecular formula is C12H9BrF2N2. The molecule has 1 aromatic carbocycles. The quantitative estimate of drug-likeness (QED) is 0.900. The topological polar surface area (TPSA) is 24.9 Å². The lowest BCUT2D eigenvalue weighted by molar-refractivity contribution is 0.603. The van der Waals surface area contributed by atoms with Crippen molar-refractivity contribution in [2.45, 2.75) is 6.92 Å². The Morgan fingerprint density at radius 2 is 1.94 bits per heavy atom. The molecule has 88 valence electrons. The summed E-state index contributed by atoms with van der Waals surface area (Å²) in [4.78, 5) is 4.19. The number of pyridine rings is 1. The van der Waals surface area contributed by atoms with Crippen LogP contribution in [-0.4, -0.2) is 4.98 Å². The summed E-state index contributed by atoms with van der Waals surface area (Å²) in [5.41, 5.74) is 0.839. The molecule has 0 aliphatic heterocycles. The van der Waals surface area contributed by atoms with E-state index in [9.17, 15) is 8.78 Å². The minimum Gasteiger partial charge on any atom is -0.338 e. The highest BCUT2D eigenvalue weighted by molar-refractivity contribution is 9.10. The molecule has 0 aliphatic carbocycles. The molecule has 2 rings (SSSR count). The molecule has 17 heavy (non-hydrogen) atoms. The highest BCUT2D eigenvalue weighted by atomic mass is 79.9. The van der Waals surface area contributed by atoms with E-state index in [0.717, 1.165) is 28.4 Å². The van der Waals surface area contributed by atoms with Gasteiger partial charge in [0.05, 0.1) is 11.4 Å². The SMILES string of the molecule is Cc1nc(Nc2cc(F)ccc2F)ccc1Br. The van der Waals surface area contributed by atoms with Crippen LogP contribution < -0.4 is 5.32 Å². The summed E-state index contributed by atoms with van der Waals surface area (Å²) in [5.74, 6) is -0.549. The summed E-state index contributed by atoms with van der Waals surface area (Å²) >= 11 is 3.32. The molecule has 0 aliphatic rings. The Morgan fingerprint density at radius 3 is 2.65 bits per heavy atom. The summed E-state index contributed by atoms with van der Waals surface area (Å²) in [7, 11) is 0. The van der Waals surface area contributed by atoms with Gasteiger partial charge in [-0.3, -0.25) is 0 Å². The van der Waals surface area contributed by atoms with Gasteiger partial charge >= 0.3 is 0 Å². The highest BCUT2D eigenvalue weighted by Crippen LogP contribution is 2.22. The molecule has 0 bridgehead atoms. The Morgan fingerprint density at radius 1 is 1.18 bits per heavy atom. The van der Waals surface area contributed by atoms with Crippen LogP contribution in [0.4, 0.5) is 20.3 Å². The number of nitrogens with one attached hydrogen (secondary N) is 1. The molecular weight excluding hydrogens is 290 g/mol. The van der Waals surface area contributed by atoms with E-state index in [2.05, 4.69) is 26.2 Å². The summed E-state index contributed by atoms with van der Waals surface area (Å²) in [6, 6.07) is 6.71. The van der Waals surface area contributed by atoms with Gasteiger partial charge in [-0.1, -0.05) is 0 Å². The van der Waals surface area contributed by atoms with Crippen molar-refractivity contribution in [2.24, 2.45) is 0 Å². The van der Waals surface area contributed by atoms with Crippen LogP contribution in [0.25, 0.3) is 0 Å². The van der Waals surface area contributed by atoms with E-state index in [-0.39, 0.29) is 5.69 Å². The molecule has 0 spiro atoms. The second-order valence-corrected chi connectivity index (χ2v) is 4.37. The number of hydrogen-bond acceptors (Lipinski definition) is 2. The van der Waals surface area contributed by atoms with Crippen molar-refractivity contribution < 1.29 is 8.78 Å². The van der Waals surface area contributed by atoms with Gasteiger partial charge in [-0.15, -0.1) is 0 Å². The fourth-order valence-corrected chi connectivity index (χ4v) is 1.57. The zero-order chi connectivity index (χ0) is 12.4. The minimum atomic E-state index is -0.520. The molecule has 5 heteroatoms. The van der Waals surface area contributed by atoms with E-state index < -0.39 is 11.6 Å². The van der Waals surface area contributed by atoms with E-state index in [1.54, 1.807) is 12.1 Å². The Kier molecular flexibility index (Phi) is 3.38. The number of benzene rings is 1. The smallest absolute Gasteiger partial charge is 0.146 e. The molecule has 0 amide bonds. The second kappa shape index (κ2) is 4.79. The highest BCUT2D eigenvalue weighted by Gasteiger charge is 2.05. The first-order chi connectivity index (χ1) is 8.06. The largest absolute Gasteiger partial charge is 0.338 e. The van der Waals surface area contributed by atoms with Crippen LogP contribution in [0.3, 0.4) is 0 Å². The van der Waals surface area contributed by atoms with Crippen LogP contribution in [0, 0.1) is 18.6 Å². The van der Waals surface area contributed by atoms with E-state index in [4.69, 9.17) is 0 Å². The van der Waals surface area contributed by atoms with Crippen LogP contribution in [0.15, 0.2) is 34.8 Å². The Balaban J connectivity index is 2.31. The molecule has 1 N–H and O–H groups in total. The van der Waals surface area contributed by atoms with E-state index in [1.165, 1.54) is 0 Å². The standard InChI is InChI=1S/C12H9BrF2N2/c1-7-9(13)3-5-12(16-7)17-11-6-8(14)2-4-10(11)15/h2-6H,1H3,(H,16,17). The van der Waals surface area contributed by atoms with Crippen molar-refractivity contribution in [3.05, 3.63) is 52.1 Å². The van der Waals surface area contributed by atoms with Crippen LogP contribution in [-0.2, 0) is 0 Å². The third-order valence-corrected chi connectivity index (χ3v) is 3.05. The molecule has 1 heterocycles. The zero-order valence-corrected chi connectivity index (χ0v) is 10.6. The second-order valence-electron chi connectivity index (χ2n) is 3.51. The molecule has 0 saturated carbocycles. The number of rotatable bonds is 2. The molecule has 0 unspecified atom stereocenters. The number of aryl methyl sites for hydroxylation is 1. The Labute approximate surface area is 106 Å². The number of halogens is 3. The summed E-state index contributed by atoms with van der Waals surface area (Å²) in [5, 5.41) is 2.73. The number of hydrogen-bond donors (Lipinski definition) is 1. The van der Waals surface area contributed by atoms with Crippen molar-refractivity contribution >= 4 is 27.4 Å². The van der Waals surface area contributed by atoms with Crippen molar-refractivity contribution in [2.75, 3.05) is 5.32 Å². The van der Waals surface area contributed by atoms with E-state index in [0.29, 0.717) is 5.82 Å². The molecule has 0 radical (unpaired) electrons. The first kappa shape index (κ1) is 12.0. The predicted octanol–water partition coefficient (Wildman–Crippen LogP) is 4.17.